The monoisotopic (exact) mass is 292 g/mol. The minimum Gasteiger partial charge on any atom is -0.352 e. The Morgan fingerprint density at radius 1 is 1.14 bits per heavy atom. The number of nitrogens with one attached hydrogen (secondary N) is 1. The molecule has 0 atom stereocenters. The lowest BCUT2D eigenvalue weighted by molar-refractivity contribution is -0.141. The van der Waals surface area contributed by atoms with E-state index in [1.165, 1.54) is 0 Å². The fraction of sp³-hybridized carbons (Fsp3) is 0.200. The van der Waals surface area contributed by atoms with Gasteiger partial charge in [0.15, 0.2) is 0 Å². The highest BCUT2D eigenvalue weighted by Gasteiger charge is 2.35. The first-order valence-electron chi connectivity index (χ1n) is 6.41. The SMILES string of the molecule is O=C1NCCc2cc(C(F)(F)F)nc(-c3ccccc3)c21. The summed E-state index contributed by atoms with van der Waals surface area (Å²) in [5.41, 5.74) is 0.240. The summed E-state index contributed by atoms with van der Waals surface area (Å²) in [5.74, 6) is -0.378. The molecule has 0 aliphatic carbocycles. The zero-order chi connectivity index (χ0) is 15.0. The van der Waals surface area contributed by atoms with Crippen molar-refractivity contribution in [2.45, 2.75) is 12.6 Å². The van der Waals surface area contributed by atoms with Crippen LogP contribution in [0.3, 0.4) is 0 Å². The largest absolute Gasteiger partial charge is 0.433 e. The van der Waals surface area contributed by atoms with Crippen LogP contribution >= 0.6 is 0 Å². The molecule has 1 aromatic carbocycles. The number of hydrogen-bond acceptors (Lipinski definition) is 2. The van der Waals surface area contributed by atoms with E-state index in [1.54, 1.807) is 30.3 Å². The van der Waals surface area contributed by atoms with Crippen LogP contribution in [-0.2, 0) is 12.6 Å². The number of alkyl halides is 3. The molecule has 0 radical (unpaired) electrons. The number of nitrogens with zero attached hydrogens (tertiary/aromatic N) is 1. The van der Waals surface area contributed by atoms with Crippen LogP contribution < -0.4 is 5.32 Å². The van der Waals surface area contributed by atoms with Gasteiger partial charge in [-0.15, -0.1) is 0 Å². The number of fused-ring (bicyclic) bond motifs is 1. The Morgan fingerprint density at radius 2 is 1.86 bits per heavy atom. The van der Waals surface area contributed by atoms with E-state index < -0.39 is 11.9 Å². The molecule has 108 valence electrons. The van der Waals surface area contributed by atoms with Crippen molar-refractivity contribution in [2.24, 2.45) is 0 Å². The van der Waals surface area contributed by atoms with Crippen molar-refractivity contribution in [1.82, 2.24) is 10.3 Å². The molecule has 3 nitrogen and oxygen atoms in total. The van der Waals surface area contributed by atoms with Crippen molar-refractivity contribution in [3.05, 3.63) is 53.2 Å². The second kappa shape index (κ2) is 4.87. The number of benzene rings is 1. The second-order valence-corrected chi connectivity index (χ2v) is 4.76. The van der Waals surface area contributed by atoms with Crippen molar-refractivity contribution < 1.29 is 18.0 Å². The fourth-order valence-electron chi connectivity index (χ4n) is 2.40. The number of aromatic nitrogens is 1. The van der Waals surface area contributed by atoms with Gasteiger partial charge in [0, 0.05) is 12.1 Å². The van der Waals surface area contributed by atoms with Gasteiger partial charge in [0.1, 0.15) is 5.69 Å². The van der Waals surface area contributed by atoms with Gasteiger partial charge in [-0.1, -0.05) is 30.3 Å². The van der Waals surface area contributed by atoms with Crippen molar-refractivity contribution in [3.63, 3.8) is 0 Å². The van der Waals surface area contributed by atoms with E-state index in [0.29, 0.717) is 24.1 Å². The number of pyridine rings is 1. The van der Waals surface area contributed by atoms with E-state index in [0.717, 1.165) is 6.07 Å². The van der Waals surface area contributed by atoms with Crippen molar-refractivity contribution >= 4 is 5.91 Å². The van der Waals surface area contributed by atoms with Gasteiger partial charge in [-0.3, -0.25) is 4.79 Å². The molecule has 0 saturated heterocycles. The second-order valence-electron chi connectivity index (χ2n) is 4.76. The van der Waals surface area contributed by atoms with Gasteiger partial charge in [-0.25, -0.2) is 4.98 Å². The molecule has 0 unspecified atom stereocenters. The summed E-state index contributed by atoms with van der Waals surface area (Å²) in [5, 5.41) is 2.65. The zero-order valence-electron chi connectivity index (χ0n) is 10.9. The van der Waals surface area contributed by atoms with Crippen LogP contribution in [0.5, 0.6) is 0 Å². The molecule has 21 heavy (non-hydrogen) atoms. The zero-order valence-corrected chi connectivity index (χ0v) is 10.9. The average Bonchev–Trinajstić information content (AvgIpc) is 2.46. The van der Waals surface area contributed by atoms with Crippen LogP contribution in [0.2, 0.25) is 0 Å². The van der Waals surface area contributed by atoms with E-state index >= 15 is 0 Å². The van der Waals surface area contributed by atoms with Crippen molar-refractivity contribution in [2.75, 3.05) is 6.54 Å². The lowest BCUT2D eigenvalue weighted by Gasteiger charge is -2.21. The van der Waals surface area contributed by atoms with Gasteiger partial charge in [0.2, 0.25) is 0 Å². The predicted octanol–water partition coefficient (Wildman–Crippen LogP) is 3.05. The first kappa shape index (κ1) is 13.6. The molecule has 0 saturated carbocycles. The summed E-state index contributed by atoms with van der Waals surface area (Å²) in [6.07, 6.45) is -4.17. The average molecular weight is 292 g/mol. The van der Waals surface area contributed by atoms with Crippen LogP contribution in [0.4, 0.5) is 13.2 Å². The van der Waals surface area contributed by atoms with Crippen molar-refractivity contribution in [3.8, 4) is 11.3 Å². The van der Waals surface area contributed by atoms with Gasteiger partial charge in [0.05, 0.1) is 11.3 Å². The molecule has 0 fully saturated rings. The number of carbonyl (C=O) groups is 1. The van der Waals surface area contributed by atoms with Crippen LogP contribution in [0.15, 0.2) is 36.4 Å². The number of carbonyl (C=O) groups excluding carboxylic acids is 1. The standard InChI is InChI=1S/C15H11F3N2O/c16-15(17,18)11-8-10-6-7-19-14(21)12(10)13(20-11)9-4-2-1-3-5-9/h1-5,8H,6-7H2,(H,19,21). The molecule has 1 amide bonds. The summed E-state index contributed by atoms with van der Waals surface area (Å²) in [6.45, 7) is 0.335. The van der Waals surface area contributed by atoms with Crippen LogP contribution in [0, 0.1) is 0 Å². The Bertz CT molecular complexity index is 696. The van der Waals surface area contributed by atoms with Crippen LogP contribution in [0.25, 0.3) is 11.3 Å². The lowest BCUT2D eigenvalue weighted by Crippen LogP contribution is -2.33. The quantitative estimate of drug-likeness (QED) is 0.877. The lowest BCUT2D eigenvalue weighted by atomic mass is 9.95. The molecule has 0 bridgehead atoms. The Balaban J connectivity index is 2.28. The van der Waals surface area contributed by atoms with Gasteiger partial charge in [-0.2, -0.15) is 13.2 Å². The van der Waals surface area contributed by atoms with Gasteiger partial charge >= 0.3 is 6.18 Å². The summed E-state index contributed by atoms with van der Waals surface area (Å²) >= 11 is 0. The maximum Gasteiger partial charge on any atom is 0.433 e. The predicted molar refractivity (Wildman–Crippen MR) is 70.7 cm³/mol. The number of hydrogen-bond donors (Lipinski definition) is 1. The molecular formula is C15H11F3N2O. The highest BCUT2D eigenvalue weighted by molar-refractivity contribution is 6.02. The molecular weight excluding hydrogens is 281 g/mol. The summed E-state index contributed by atoms with van der Waals surface area (Å²) < 4.78 is 39.0. The Morgan fingerprint density at radius 3 is 2.52 bits per heavy atom. The minimum atomic E-state index is -4.54. The molecule has 1 aromatic heterocycles. The Labute approximate surface area is 118 Å². The first-order valence-corrected chi connectivity index (χ1v) is 6.41. The van der Waals surface area contributed by atoms with Crippen LogP contribution in [-0.4, -0.2) is 17.4 Å². The van der Waals surface area contributed by atoms with E-state index in [-0.39, 0.29) is 17.2 Å². The summed E-state index contributed by atoms with van der Waals surface area (Å²) in [4.78, 5) is 15.7. The molecule has 2 heterocycles. The molecule has 1 aliphatic rings. The van der Waals surface area contributed by atoms with E-state index in [4.69, 9.17) is 0 Å². The summed E-state index contributed by atoms with van der Waals surface area (Å²) in [6, 6.07) is 9.41. The van der Waals surface area contributed by atoms with Crippen molar-refractivity contribution in [1.29, 1.82) is 0 Å². The number of amides is 1. The normalized spacial score (nSPS) is 14.5. The molecule has 0 spiro atoms. The molecule has 1 N–H and O–H groups in total. The van der Waals surface area contributed by atoms with E-state index in [1.807, 2.05) is 0 Å². The molecule has 1 aliphatic heterocycles. The number of halogens is 3. The molecule has 3 rings (SSSR count). The minimum absolute atomic E-state index is 0.0811. The van der Waals surface area contributed by atoms with Gasteiger partial charge < -0.3 is 5.32 Å². The first-order chi connectivity index (χ1) is 9.97. The molecule has 6 heteroatoms. The van der Waals surface area contributed by atoms with E-state index in [2.05, 4.69) is 10.3 Å². The highest BCUT2D eigenvalue weighted by atomic mass is 19.4. The topological polar surface area (TPSA) is 42.0 Å². The molecule has 2 aromatic rings. The smallest absolute Gasteiger partial charge is 0.352 e. The third kappa shape index (κ3) is 2.49. The van der Waals surface area contributed by atoms with Gasteiger partial charge in [-0.05, 0) is 18.1 Å². The summed E-state index contributed by atoms with van der Waals surface area (Å²) in [7, 11) is 0. The van der Waals surface area contributed by atoms with Crippen LogP contribution in [0.1, 0.15) is 21.6 Å². The highest BCUT2D eigenvalue weighted by Crippen LogP contribution is 2.34. The Kier molecular flexibility index (Phi) is 3.16. The maximum absolute atomic E-state index is 13.0. The van der Waals surface area contributed by atoms with Gasteiger partial charge in [0.25, 0.3) is 5.91 Å². The van der Waals surface area contributed by atoms with E-state index in [9.17, 15) is 18.0 Å². The maximum atomic E-state index is 13.0. The fourth-order valence-corrected chi connectivity index (χ4v) is 2.40. The number of rotatable bonds is 1. The Hall–Kier alpha value is -2.37. The third-order valence-electron chi connectivity index (χ3n) is 3.35. The third-order valence-corrected chi connectivity index (χ3v) is 3.35.